The second-order valence-electron chi connectivity index (χ2n) is 6.45. The Bertz CT molecular complexity index is 420. The standard InChI is InChI=1S/C17H29N3/c1-5-6-13-7-9-14(10-8-13)17-19-15(12(2)3)11-16(18-4)20-17/h11-14H,5-10H2,1-4H3,(H,18,19,20). The predicted octanol–water partition coefficient (Wildman–Crippen LogP) is 4.72. The highest BCUT2D eigenvalue weighted by Gasteiger charge is 2.24. The van der Waals surface area contributed by atoms with Crippen LogP contribution < -0.4 is 5.32 Å². The van der Waals surface area contributed by atoms with Crippen LogP contribution in [-0.4, -0.2) is 17.0 Å². The topological polar surface area (TPSA) is 37.8 Å². The maximum atomic E-state index is 4.82. The van der Waals surface area contributed by atoms with Crippen molar-refractivity contribution in [2.75, 3.05) is 12.4 Å². The van der Waals surface area contributed by atoms with E-state index in [0.29, 0.717) is 11.8 Å². The van der Waals surface area contributed by atoms with Crippen molar-refractivity contribution in [3.05, 3.63) is 17.6 Å². The van der Waals surface area contributed by atoms with Crippen LogP contribution in [0.25, 0.3) is 0 Å². The zero-order valence-corrected chi connectivity index (χ0v) is 13.4. The molecule has 0 spiro atoms. The van der Waals surface area contributed by atoms with Crippen LogP contribution >= 0.6 is 0 Å². The van der Waals surface area contributed by atoms with Gasteiger partial charge in [0.1, 0.15) is 11.6 Å². The van der Waals surface area contributed by atoms with E-state index in [4.69, 9.17) is 9.97 Å². The Morgan fingerprint density at radius 2 is 1.90 bits per heavy atom. The highest BCUT2D eigenvalue weighted by Crippen LogP contribution is 2.36. The summed E-state index contributed by atoms with van der Waals surface area (Å²) in [5.41, 5.74) is 1.16. The van der Waals surface area contributed by atoms with Gasteiger partial charge in [-0.2, -0.15) is 0 Å². The lowest BCUT2D eigenvalue weighted by molar-refractivity contribution is 0.302. The van der Waals surface area contributed by atoms with Gasteiger partial charge in [-0.1, -0.05) is 33.6 Å². The largest absolute Gasteiger partial charge is 0.373 e. The van der Waals surface area contributed by atoms with Crippen molar-refractivity contribution >= 4 is 5.82 Å². The molecule has 0 aliphatic heterocycles. The summed E-state index contributed by atoms with van der Waals surface area (Å²) in [7, 11) is 1.94. The monoisotopic (exact) mass is 275 g/mol. The number of rotatable bonds is 5. The molecule has 0 atom stereocenters. The first-order valence-corrected chi connectivity index (χ1v) is 8.20. The second-order valence-corrected chi connectivity index (χ2v) is 6.45. The van der Waals surface area contributed by atoms with E-state index in [1.54, 1.807) is 0 Å². The summed E-state index contributed by atoms with van der Waals surface area (Å²) in [4.78, 5) is 9.53. The quantitative estimate of drug-likeness (QED) is 0.845. The minimum Gasteiger partial charge on any atom is -0.373 e. The molecule has 20 heavy (non-hydrogen) atoms. The molecule has 0 saturated heterocycles. The highest BCUT2D eigenvalue weighted by molar-refractivity contribution is 5.36. The highest BCUT2D eigenvalue weighted by atomic mass is 15.0. The minimum atomic E-state index is 0.459. The summed E-state index contributed by atoms with van der Waals surface area (Å²) >= 11 is 0. The van der Waals surface area contributed by atoms with E-state index >= 15 is 0 Å². The smallest absolute Gasteiger partial charge is 0.134 e. The van der Waals surface area contributed by atoms with Gasteiger partial charge in [0.05, 0.1) is 0 Å². The first-order valence-electron chi connectivity index (χ1n) is 8.20. The van der Waals surface area contributed by atoms with Crippen molar-refractivity contribution < 1.29 is 0 Å². The zero-order valence-electron chi connectivity index (χ0n) is 13.4. The number of hydrogen-bond donors (Lipinski definition) is 1. The lowest BCUT2D eigenvalue weighted by atomic mass is 9.79. The van der Waals surface area contributed by atoms with Gasteiger partial charge >= 0.3 is 0 Å². The SMILES string of the molecule is CCCC1CCC(c2nc(NC)cc(C(C)C)n2)CC1. The Hall–Kier alpha value is -1.12. The first-order chi connectivity index (χ1) is 9.63. The molecule has 1 aliphatic rings. The molecule has 1 heterocycles. The summed E-state index contributed by atoms with van der Waals surface area (Å²) < 4.78 is 0. The van der Waals surface area contributed by atoms with E-state index in [0.717, 1.165) is 23.3 Å². The van der Waals surface area contributed by atoms with Crippen molar-refractivity contribution in [2.24, 2.45) is 5.92 Å². The van der Waals surface area contributed by atoms with E-state index in [2.05, 4.69) is 32.2 Å². The number of nitrogens with zero attached hydrogens (tertiary/aromatic N) is 2. The summed E-state index contributed by atoms with van der Waals surface area (Å²) in [6, 6.07) is 2.08. The van der Waals surface area contributed by atoms with E-state index in [1.165, 1.54) is 38.5 Å². The molecule has 0 amide bonds. The number of anilines is 1. The van der Waals surface area contributed by atoms with E-state index in [9.17, 15) is 0 Å². The number of hydrogen-bond acceptors (Lipinski definition) is 3. The van der Waals surface area contributed by atoms with Gasteiger partial charge in [-0.15, -0.1) is 0 Å². The van der Waals surface area contributed by atoms with Crippen molar-refractivity contribution in [3.63, 3.8) is 0 Å². The summed E-state index contributed by atoms with van der Waals surface area (Å²) in [5, 5.41) is 3.18. The maximum Gasteiger partial charge on any atom is 0.134 e. The molecule has 0 bridgehead atoms. The van der Waals surface area contributed by atoms with Gasteiger partial charge in [-0.05, 0) is 37.5 Å². The minimum absolute atomic E-state index is 0.459. The molecule has 2 rings (SSSR count). The average Bonchev–Trinajstić information content (AvgIpc) is 2.47. The number of aromatic nitrogens is 2. The molecule has 1 aliphatic carbocycles. The van der Waals surface area contributed by atoms with Crippen molar-refractivity contribution in [3.8, 4) is 0 Å². The van der Waals surface area contributed by atoms with Gasteiger partial charge in [0.2, 0.25) is 0 Å². The van der Waals surface area contributed by atoms with Crippen molar-refractivity contribution in [2.45, 2.75) is 71.1 Å². The van der Waals surface area contributed by atoms with Gasteiger partial charge in [0.15, 0.2) is 0 Å². The molecule has 0 radical (unpaired) electrons. The van der Waals surface area contributed by atoms with Gasteiger partial charge < -0.3 is 5.32 Å². The lowest BCUT2D eigenvalue weighted by Gasteiger charge is -2.28. The zero-order chi connectivity index (χ0) is 14.5. The lowest BCUT2D eigenvalue weighted by Crippen LogP contribution is -2.16. The molecule has 3 heteroatoms. The molecule has 1 aromatic heterocycles. The molecule has 0 aromatic carbocycles. The van der Waals surface area contributed by atoms with E-state index in [-0.39, 0.29) is 0 Å². The average molecular weight is 275 g/mol. The van der Waals surface area contributed by atoms with Crippen LogP contribution in [0, 0.1) is 5.92 Å². The van der Waals surface area contributed by atoms with E-state index < -0.39 is 0 Å². The van der Waals surface area contributed by atoms with Crippen LogP contribution in [0.4, 0.5) is 5.82 Å². The fraction of sp³-hybridized carbons (Fsp3) is 0.765. The molecule has 1 saturated carbocycles. The van der Waals surface area contributed by atoms with Crippen LogP contribution in [0.3, 0.4) is 0 Å². The Balaban J connectivity index is 2.10. The van der Waals surface area contributed by atoms with Gasteiger partial charge in [-0.3, -0.25) is 0 Å². The third-order valence-corrected chi connectivity index (χ3v) is 4.52. The molecule has 1 N–H and O–H groups in total. The molecule has 1 aromatic rings. The summed E-state index contributed by atoms with van der Waals surface area (Å²) in [5.74, 6) is 3.99. The predicted molar refractivity (Wildman–Crippen MR) is 85.3 cm³/mol. The Labute approximate surface area is 123 Å². The fourth-order valence-corrected chi connectivity index (χ4v) is 3.21. The summed E-state index contributed by atoms with van der Waals surface area (Å²) in [6.45, 7) is 6.69. The molecule has 112 valence electrons. The molecule has 3 nitrogen and oxygen atoms in total. The Kier molecular flexibility index (Phi) is 5.38. The third kappa shape index (κ3) is 3.71. The number of nitrogens with one attached hydrogen (secondary N) is 1. The summed E-state index contributed by atoms with van der Waals surface area (Å²) in [6.07, 6.45) is 7.93. The van der Waals surface area contributed by atoms with Crippen LogP contribution in [0.5, 0.6) is 0 Å². The van der Waals surface area contributed by atoms with Crippen molar-refractivity contribution in [1.82, 2.24) is 9.97 Å². The van der Waals surface area contributed by atoms with Crippen LogP contribution in [0.1, 0.15) is 82.7 Å². The van der Waals surface area contributed by atoms with Gasteiger partial charge in [0.25, 0.3) is 0 Å². The second kappa shape index (κ2) is 7.05. The molecular weight excluding hydrogens is 246 g/mol. The first kappa shape index (κ1) is 15.3. The van der Waals surface area contributed by atoms with Gasteiger partial charge in [-0.25, -0.2) is 9.97 Å². The van der Waals surface area contributed by atoms with Crippen molar-refractivity contribution in [1.29, 1.82) is 0 Å². The van der Waals surface area contributed by atoms with E-state index in [1.807, 2.05) is 7.05 Å². The Morgan fingerprint density at radius 1 is 1.20 bits per heavy atom. The van der Waals surface area contributed by atoms with Gasteiger partial charge in [0, 0.05) is 24.7 Å². The molecular formula is C17H29N3. The molecule has 0 unspecified atom stereocenters. The fourth-order valence-electron chi connectivity index (χ4n) is 3.21. The Morgan fingerprint density at radius 3 is 2.45 bits per heavy atom. The normalized spacial score (nSPS) is 23.1. The third-order valence-electron chi connectivity index (χ3n) is 4.52. The van der Waals surface area contributed by atoms with Crippen LogP contribution in [0.2, 0.25) is 0 Å². The van der Waals surface area contributed by atoms with Crippen LogP contribution in [0.15, 0.2) is 6.07 Å². The molecule has 1 fully saturated rings. The maximum absolute atomic E-state index is 4.82. The van der Waals surface area contributed by atoms with Crippen LogP contribution in [-0.2, 0) is 0 Å².